The summed E-state index contributed by atoms with van der Waals surface area (Å²) in [5, 5.41) is 12.5. The van der Waals surface area contributed by atoms with Gasteiger partial charge >= 0.3 is 0 Å². The Morgan fingerprint density at radius 1 is 0.544 bits per heavy atom. The second kappa shape index (κ2) is 18.6. The SMILES string of the molecule is [2H]C(C)(C)c1cc(-c2ccccc2)cc(-n2c(-c3cc(C(C)(C)C)cc(C(C)(C)C)c3O)nc3c(-c4[c-]c(-c5cc(-c6ccc(-c7ccccc7)cc6)ccn5)cc(C(C)(C)C)c4)cccc32)c1.[Pt]. The summed E-state index contributed by atoms with van der Waals surface area (Å²) in [5.74, 6) is -0.0570. The van der Waals surface area contributed by atoms with Crippen molar-refractivity contribution in [2.75, 3.05) is 0 Å². The van der Waals surface area contributed by atoms with Gasteiger partial charge in [0.25, 0.3) is 0 Å². The molecule has 1 N–H and O–H groups in total. The van der Waals surface area contributed by atoms with E-state index >= 15 is 0 Å². The summed E-state index contributed by atoms with van der Waals surface area (Å²) < 4.78 is 11.5. The third-order valence-electron chi connectivity index (χ3n) is 13.0. The van der Waals surface area contributed by atoms with Crippen molar-refractivity contribution in [3.63, 3.8) is 0 Å². The summed E-state index contributed by atoms with van der Waals surface area (Å²) in [5.41, 5.74) is 16.6. The number of phenolic OH excluding ortho intramolecular Hbond substituents is 1. The van der Waals surface area contributed by atoms with Crippen LogP contribution in [0.1, 0.15) is 106 Å². The predicted molar refractivity (Wildman–Crippen MR) is 282 cm³/mol. The quantitative estimate of drug-likeness (QED) is 0.154. The van der Waals surface area contributed by atoms with Crippen LogP contribution in [-0.2, 0) is 37.3 Å². The Balaban J connectivity index is 0.00000642. The van der Waals surface area contributed by atoms with Gasteiger partial charge in [-0.15, -0.1) is 29.3 Å². The van der Waals surface area contributed by atoms with Crippen LogP contribution in [0.2, 0.25) is 0 Å². The van der Waals surface area contributed by atoms with Gasteiger partial charge in [-0.25, -0.2) is 4.98 Å². The smallest absolute Gasteiger partial charge is 0.148 e. The van der Waals surface area contributed by atoms with Crippen LogP contribution in [0.5, 0.6) is 5.75 Å². The van der Waals surface area contributed by atoms with Crippen LogP contribution in [0.15, 0.2) is 164 Å². The van der Waals surface area contributed by atoms with Crippen molar-refractivity contribution in [3.8, 4) is 78.6 Å². The minimum Gasteiger partial charge on any atom is -0.507 e. The Kier molecular flexibility index (Phi) is 12.8. The first-order valence-corrected chi connectivity index (χ1v) is 23.5. The molecule has 0 saturated carbocycles. The number of aromatic nitrogens is 3. The topological polar surface area (TPSA) is 50.9 Å². The predicted octanol–water partition coefficient (Wildman–Crippen LogP) is 16.9. The molecule has 9 aromatic rings. The van der Waals surface area contributed by atoms with E-state index in [2.05, 4.69) is 206 Å². The normalized spacial score (nSPS) is 12.5. The van der Waals surface area contributed by atoms with Crippen LogP contribution in [0.4, 0.5) is 0 Å². The van der Waals surface area contributed by atoms with Gasteiger partial charge in [0.05, 0.1) is 16.6 Å². The van der Waals surface area contributed by atoms with Gasteiger partial charge in [0.1, 0.15) is 11.6 Å². The first-order chi connectivity index (χ1) is 32.1. The molecule has 0 aliphatic rings. The summed E-state index contributed by atoms with van der Waals surface area (Å²) in [4.78, 5) is 10.6. The number of benzene rings is 7. The zero-order valence-corrected chi connectivity index (χ0v) is 43.5. The number of para-hydroxylation sites is 1. The third kappa shape index (κ3) is 9.67. The molecule has 0 saturated heterocycles. The van der Waals surface area contributed by atoms with Crippen molar-refractivity contribution in [2.45, 2.75) is 98.3 Å². The first kappa shape index (κ1) is 46.7. The van der Waals surface area contributed by atoms with Crippen LogP contribution in [0, 0.1) is 6.07 Å². The van der Waals surface area contributed by atoms with Crippen molar-refractivity contribution < 1.29 is 27.5 Å². The average molecular weight is 1070 g/mol. The number of hydrogen-bond donors (Lipinski definition) is 1. The van der Waals surface area contributed by atoms with Gasteiger partial charge in [-0.2, -0.15) is 0 Å². The third-order valence-corrected chi connectivity index (χ3v) is 13.0. The molecule has 5 heteroatoms. The Morgan fingerprint density at radius 2 is 1.12 bits per heavy atom. The molecule has 0 fully saturated rings. The van der Waals surface area contributed by atoms with Crippen LogP contribution in [0.3, 0.4) is 0 Å². The second-order valence-corrected chi connectivity index (χ2v) is 21.3. The molecule has 4 nitrogen and oxygen atoms in total. The van der Waals surface area contributed by atoms with E-state index in [1.807, 2.05) is 44.3 Å². The molecule has 0 amide bonds. The molecule has 0 spiro atoms. The van der Waals surface area contributed by atoms with Crippen molar-refractivity contribution in [2.24, 2.45) is 0 Å². The summed E-state index contributed by atoms with van der Waals surface area (Å²) in [6.07, 6.45) is 1.89. The molecular weight excluding hydrogens is 1010 g/mol. The maximum absolute atomic E-state index is 12.5. The molecule has 0 bridgehead atoms. The Bertz CT molecular complexity index is 3310. The fraction of sp³-hybridized carbons (Fsp3) is 0.238. The Labute approximate surface area is 419 Å². The van der Waals surface area contributed by atoms with E-state index in [0.29, 0.717) is 11.4 Å². The minimum atomic E-state index is -0.898. The van der Waals surface area contributed by atoms with Gasteiger partial charge in [-0.05, 0) is 97.0 Å². The molecule has 7 aromatic carbocycles. The fourth-order valence-corrected chi connectivity index (χ4v) is 8.92. The van der Waals surface area contributed by atoms with E-state index in [0.717, 1.165) is 83.6 Å². The average Bonchev–Trinajstić information content (AvgIpc) is 3.70. The summed E-state index contributed by atoms with van der Waals surface area (Å²) in [6, 6.07) is 59.1. The van der Waals surface area contributed by atoms with Gasteiger partial charge in [0, 0.05) is 45.6 Å². The summed E-state index contributed by atoms with van der Waals surface area (Å²) in [6.45, 7) is 23.7. The number of aromatic hydroxyl groups is 1. The molecule has 2 aromatic heterocycles. The second-order valence-electron chi connectivity index (χ2n) is 21.3. The van der Waals surface area contributed by atoms with E-state index in [1.54, 1.807) is 0 Å². The van der Waals surface area contributed by atoms with Gasteiger partial charge in [-0.1, -0.05) is 203 Å². The van der Waals surface area contributed by atoms with Crippen LogP contribution in [0.25, 0.3) is 83.9 Å². The molecular formula is C63H62N3OPt-. The number of pyridine rings is 1. The number of rotatable bonds is 8. The first-order valence-electron chi connectivity index (χ1n) is 24.0. The number of nitrogens with zero attached hydrogens (tertiary/aromatic N) is 3. The Hall–Kier alpha value is -6.35. The van der Waals surface area contributed by atoms with Gasteiger partial charge < -0.3 is 5.11 Å². The van der Waals surface area contributed by atoms with Crippen molar-refractivity contribution in [1.82, 2.24) is 14.5 Å². The van der Waals surface area contributed by atoms with Crippen LogP contribution in [-0.4, -0.2) is 19.6 Å². The molecule has 0 radical (unpaired) electrons. The molecule has 68 heavy (non-hydrogen) atoms. The molecule has 0 atom stereocenters. The van der Waals surface area contributed by atoms with Crippen molar-refractivity contribution in [3.05, 3.63) is 192 Å². The largest absolute Gasteiger partial charge is 0.507 e. The van der Waals surface area contributed by atoms with E-state index in [9.17, 15) is 6.48 Å². The summed E-state index contributed by atoms with van der Waals surface area (Å²) in [7, 11) is 0. The van der Waals surface area contributed by atoms with Crippen molar-refractivity contribution >= 4 is 11.0 Å². The number of imidazole rings is 1. The minimum absolute atomic E-state index is 0. The van der Waals surface area contributed by atoms with Crippen LogP contribution >= 0.6 is 0 Å². The molecule has 0 aliphatic heterocycles. The van der Waals surface area contributed by atoms with Crippen molar-refractivity contribution in [1.29, 1.82) is 0 Å². The monoisotopic (exact) mass is 1070 g/mol. The molecule has 9 rings (SSSR count). The zero-order valence-electron chi connectivity index (χ0n) is 42.2. The summed E-state index contributed by atoms with van der Waals surface area (Å²) >= 11 is 0. The van der Waals surface area contributed by atoms with E-state index < -0.39 is 5.89 Å². The zero-order chi connectivity index (χ0) is 48.3. The molecule has 0 aliphatic carbocycles. The van der Waals surface area contributed by atoms with Gasteiger partial charge in [0.15, 0.2) is 0 Å². The maximum atomic E-state index is 12.5. The van der Waals surface area contributed by atoms with E-state index in [-0.39, 0.29) is 43.1 Å². The van der Waals surface area contributed by atoms with Crippen LogP contribution < -0.4 is 0 Å². The number of phenols is 1. The maximum Gasteiger partial charge on any atom is 0.148 e. The molecule has 346 valence electrons. The van der Waals surface area contributed by atoms with Gasteiger partial charge in [-0.3, -0.25) is 9.55 Å². The number of hydrogen-bond acceptors (Lipinski definition) is 3. The molecule has 2 heterocycles. The van der Waals surface area contributed by atoms with E-state index in [1.165, 1.54) is 11.1 Å². The standard InChI is InChI=1S/C63H62N3O.Pt/c1-40(2)46-31-47(42-21-16-13-17-22-42)36-52(35-46)66-57-24-18-23-53(58(57)65-60(66)54-38-51(62(6,7)8)39-55(59(54)67)63(9,10)11)48-32-49(34-50(33-48)61(3,4)5)56-37-45(29-30-64-56)44-27-25-43(26-28-44)41-19-14-12-15-20-41;/h12-31,33-40,67H,1-11H3;/q-1;/i40D;. The number of fused-ring (bicyclic) bond motifs is 1. The van der Waals surface area contributed by atoms with E-state index in [4.69, 9.17) is 9.97 Å². The fourth-order valence-electron chi connectivity index (χ4n) is 8.92. The van der Waals surface area contributed by atoms with Gasteiger partial charge in [0.2, 0.25) is 0 Å². The molecule has 0 unspecified atom stereocenters. The Morgan fingerprint density at radius 3 is 1.72 bits per heavy atom.